The number of benzene rings is 2. The molecule has 4 rings (SSSR count). The Balaban J connectivity index is 1.45. The first-order valence-corrected chi connectivity index (χ1v) is 9.80. The molecule has 1 fully saturated rings. The Labute approximate surface area is 181 Å². The molecule has 2 aliphatic rings. The number of ether oxygens (including phenoxy) is 1. The number of nitrogens with zero attached hydrogens (tertiary/aromatic N) is 4. The highest BCUT2D eigenvalue weighted by Gasteiger charge is 2.55. The summed E-state index contributed by atoms with van der Waals surface area (Å²) in [6.07, 6.45) is 0. The van der Waals surface area contributed by atoms with Crippen molar-refractivity contribution in [2.45, 2.75) is 19.0 Å². The predicted molar refractivity (Wildman–Crippen MR) is 109 cm³/mol. The van der Waals surface area contributed by atoms with Crippen molar-refractivity contribution in [3.8, 4) is 5.75 Å². The summed E-state index contributed by atoms with van der Waals surface area (Å²) in [6.45, 7) is 2.12. The van der Waals surface area contributed by atoms with Gasteiger partial charge in [-0.25, -0.2) is 9.29 Å². The van der Waals surface area contributed by atoms with E-state index in [0.717, 1.165) is 11.0 Å². The Morgan fingerprint density at radius 1 is 1.19 bits per heavy atom. The lowest BCUT2D eigenvalue weighted by atomic mass is 10.1. The van der Waals surface area contributed by atoms with Crippen LogP contribution >= 0.6 is 11.6 Å². The zero-order valence-corrected chi connectivity index (χ0v) is 17.0. The first kappa shape index (κ1) is 20.7. The number of anilines is 2. The first-order valence-electron chi connectivity index (χ1n) is 9.42. The molecule has 2 aromatic rings. The van der Waals surface area contributed by atoms with Gasteiger partial charge in [-0.1, -0.05) is 16.8 Å². The topological polar surface area (TPSA) is 104 Å². The average molecular weight is 446 g/mol. The van der Waals surface area contributed by atoms with Crippen LogP contribution in [0.3, 0.4) is 0 Å². The highest BCUT2D eigenvalue weighted by atomic mass is 35.5. The van der Waals surface area contributed by atoms with E-state index in [4.69, 9.17) is 16.3 Å². The molecular formula is C20H17ClFN5O4. The van der Waals surface area contributed by atoms with Gasteiger partial charge in [0.1, 0.15) is 18.1 Å². The summed E-state index contributed by atoms with van der Waals surface area (Å²) in [6, 6.07) is 8.20. The maximum absolute atomic E-state index is 13.4. The summed E-state index contributed by atoms with van der Waals surface area (Å²) in [7, 11) is 0. The largest absolute Gasteiger partial charge is 0.494 e. The maximum Gasteiger partial charge on any atom is 0.263 e. The van der Waals surface area contributed by atoms with E-state index in [2.05, 4.69) is 15.7 Å². The van der Waals surface area contributed by atoms with Crippen LogP contribution in [-0.2, 0) is 14.4 Å². The van der Waals surface area contributed by atoms with Crippen LogP contribution in [0.1, 0.15) is 6.92 Å². The summed E-state index contributed by atoms with van der Waals surface area (Å²) in [5, 5.41) is 11.3. The molecule has 1 N–H and O–H groups in total. The van der Waals surface area contributed by atoms with Crippen molar-refractivity contribution < 1.29 is 23.5 Å². The summed E-state index contributed by atoms with van der Waals surface area (Å²) >= 11 is 5.77. The third-order valence-corrected chi connectivity index (χ3v) is 5.06. The molecule has 160 valence electrons. The third-order valence-electron chi connectivity index (χ3n) is 4.77. The monoisotopic (exact) mass is 445 g/mol. The lowest BCUT2D eigenvalue weighted by Crippen LogP contribution is -2.43. The lowest BCUT2D eigenvalue weighted by Gasteiger charge is -2.20. The number of nitrogens with one attached hydrogen (secondary N) is 1. The van der Waals surface area contributed by atoms with Crippen molar-refractivity contribution in [3.05, 3.63) is 53.3 Å². The van der Waals surface area contributed by atoms with Crippen molar-refractivity contribution in [2.75, 3.05) is 23.4 Å². The number of fused-ring (bicyclic) bond motifs is 1. The molecule has 1 saturated heterocycles. The Hall–Kier alpha value is -3.53. The fourth-order valence-electron chi connectivity index (χ4n) is 3.38. The van der Waals surface area contributed by atoms with E-state index in [1.54, 1.807) is 24.3 Å². The standard InChI is InChI=1S/C20H17ClFN5O4/c1-2-31-13-6-3-11(4-7-13)23-16(28)10-26-18-17(24-25-26)19(29)27(20(18)30)12-5-8-15(22)14(21)9-12/h3-9,17-18H,2,10H2,1H3,(H,23,28)/t17-,18+/m0/s1. The zero-order valence-electron chi connectivity index (χ0n) is 16.3. The SMILES string of the molecule is CCOc1ccc(NC(=O)CN2N=N[C@@H]3C(=O)N(c4ccc(F)c(Cl)c4)C(=O)[C@@H]32)cc1. The smallest absolute Gasteiger partial charge is 0.263 e. The van der Waals surface area contributed by atoms with Gasteiger partial charge in [0.25, 0.3) is 11.8 Å². The number of carbonyl (C=O) groups excluding carboxylic acids is 3. The van der Waals surface area contributed by atoms with E-state index in [9.17, 15) is 18.8 Å². The second kappa shape index (κ2) is 8.31. The van der Waals surface area contributed by atoms with Crippen LogP contribution in [0.4, 0.5) is 15.8 Å². The van der Waals surface area contributed by atoms with Gasteiger partial charge in [-0.15, -0.1) is 0 Å². The van der Waals surface area contributed by atoms with Crippen LogP contribution in [0, 0.1) is 5.82 Å². The lowest BCUT2D eigenvalue weighted by molar-refractivity contribution is -0.123. The van der Waals surface area contributed by atoms with Crippen molar-refractivity contribution in [2.24, 2.45) is 10.3 Å². The zero-order chi connectivity index (χ0) is 22.1. The third kappa shape index (κ3) is 3.93. The van der Waals surface area contributed by atoms with Gasteiger partial charge in [0.05, 0.1) is 17.3 Å². The van der Waals surface area contributed by atoms with Crippen molar-refractivity contribution >= 4 is 40.7 Å². The van der Waals surface area contributed by atoms with Crippen LogP contribution in [0.15, 0.2) is 52.8 Å². The predicted octanol–water partition coefficient (Wildman–Crippen LogP) is 2.81. The Kier molecular flexibility index (Phi) is 5.55. The molecular weight excluding hydrogens is 429 g/mol. The normalized spacial score (nSPS) is 19.7. The number of carbonyl (C=O) groups is 3. The molecule has 2 aliphatic heterocycles. The van der Waals surface area contributed by atoms with Gasteiger partial charge >= 0.3 is 0 Å². The molecule has 0 bridgehead atoms. The molecule has 31 heavy (non-hydrogen) atoms. The fourth-order valence-corrected chi connectivity index (χ4v) is 3.56. The Morgan fingerprint density at radius 2 is 1.94 bits per heavy atom. The minimum atomic E-state index is -1.07. The number of rotatable bonds is 6. The molecule has 0 aliphatic carbocycles. The molecule has 0 radical (unpaired) electrons. The molecule has 0 spiro atoms. The van der Waals surface area contributed by atoms with Crippen LogP contribution in [0.25, 0.3) is 0 Å². The highest BCUT2D eigenvalue weighted by Crippen LogP contribution is 2.33. The summed E-state index contributed by atoms with van der Waals surface area (Å²) < 4.78 is 18.8. The van der Waals surface area contributed by atoms with Crippen molar-refractivity contribution in [1.82, 2.24) is 5.01 Å². The van der Waals surface area contributed by atoms with Gasteiger partial charge in [0.2, 0.25) is 5.91 Å². The number of halogens is 2. The van der Waals surface area contributed by atoms with Crippen molar-refractivity contribution in [3.63, 3.8) is 0 Å². The minimum Gasteiger partial charge on any atom is -0.494 e. The second-order valence-electron chi connectivity index (χ2n) is 6.81. The van der Waals surface area contributed by atoms with Crippen LogP contribution in [0.5, 0.6) is 5.75 Å². The van der Waals surface area contributed by atoms with Gasteiger partial charge in [0, 0.05) is 5.69 Å². The summed E-state index contributed by atoms with van der Waals surface area (Å²) in [5.41, 5.74) is 0.669. The van der Waals surface area contributed by atoms with E-state index < -0.39 is 35.6 Å². The van der Waals surface area contributed by atoms with Gasteiger partial charge in [-0.05, 0) is 49.4 Å². The quantitative estimate of drug-likeness (QED) is 0.688. The van der Waals surface area contributed by atoms with Crippen LogP contribution in [-0.4, -0.2) is 48.0 Å². The van der Waals surface area contributed by atoms with Crippen LogP contribution in [0.2, 0.25) is 5.02 Å². The number of amides is 3. The van der Waals surface area contributed by atoms with Gasteiger partial charge in [-0.2, -0.15) is 5.11 Å². The fraction of sp³-hybridized carbons (Fsp3) is 0.250. The molecule has 2 heterocycles. The second-order valence-corrected chi connectivity index (χ2v) is 7.22. The molecule has 9 nitrogen and oxygen atoms in total. The van der Waals surface area contributed by atoms with E-state index in [1.165, 1.54) is 17.1 Å². The Morgan fingerprint density at radius 3 is 2.61 bits per heavy atom. The van der Waals surface area contributed by atoms with E-state index >= 15 is 0 Å². The van der Waals surface area contributed by atoms with Gasteiger partial charge < -0.3 is 10.1 Å². The molecule has 0 unspecified atom stereocenters. The van der Waals surface area contributed by atoms with E-state index in [1.807, 2.05) is 6.92 Å². The van der Waals surface area contributed by atoms with Crippen LogP contribution < -0.4 is 15.0 Å². The molecule has 2 atom stereocenters. The number of imide groups is 1. The van der Waals surface area contributed by atoms with E-state index in [-0.39, 0.29) is 17.3 Å². The number of hydrogen-bond donors (Lipinski definition) is 1. The molecule has 3 amide bonds. The number of hydrogen-bond acceptors (Lipinski definition) is 7. The van der Waals surface area contributed by atoms with Gasteiger partial charge in [-0.3, -0.25) is 19.4 Å². The van der Waals surface area contributed by atoms with E-state index in [0.29, 0.717) is 18.0 Å². The minimum absolute atomic E-state index is 0.129. The molecule has 0 saturated carbocycles. The molecule has 11 heteroatoms. The van der Waals surface area contributed by atoms with Gasteiger partial charge in [0.15, 0.2) is 12.1 Å². The summed E-state index contributed by atoms with van der Waals surface area (Å²) in [5.74, 6) is -1.66. The first-order chi connectivity index (χ1) is 14.9. The molecule has 2 aromatic carbocycles. The molecule has 0 aromatic heterocycles. The average Bonchev–Trinajstić information content (AvgIpc) is 3.25. The summed E-state index contributed by atoms with van der Waals surface area (Å²) in [4.78, 5) is 38.9. The van der Waals surface area contributed by atoms with Crippen molar-refractivity contribution in [1.29, 1.82) is 0 Å². The highest BCUT2D eigenvalue weighted by molar-refractivity contribution is 6.32. The maximum atomic E-state index is 13.4. The Bertz CT molecular complexity index is 1080.